The lowest BCUT2D eigenvalue weighted by atomic mass is 10.1. The molecule has 0 aliphatic heterocycles. The summed E-state index contributed by atoms with van der Waals surface area (Å²) in [5.41, 5.74) is 1.31. The monoisotopic (exact) mass is 262 g/mol. The number of hydrogen-bond acceptors (Lipinski definition) is 3. The van der Waals surface area contributed by atoms with Crippen LogP contribution in [0.25, 0.3) is 0 Å². The number of benzene rings is 1. The second-order valence-corrected chi connectivity index (χ2v) is 4.76. The summed E-state index contributed by atoms with van der Waals surface area (Å²) in [5, 5.41) is 5.80. The van der Waals surface area contributed by atoms with Crippen molar-refractivity contribution < 1.29 is 9.59 Å². The van der Waals surface area contributed by atoms with Crippen molar-refractivity contribution >= 4 is 34.7 Å². The molecule has 0 atom stereocenters. The van der Waals surface area contributed by atoms with E-state index in [-0.39, 0.29) is 22.7 Å². The lowest BCUT2D eigenvalue weighted by Crippen LogP contribution is -2.35. The van der Waals surface area contributed by atoms with Crippen LogP contribution in [0.2, 0.25) is 0 Å². The molecule has 1 fully saturated rings. The third-order valence-electron chi connectivity index (χ3n) is 2.71. The molecule has 1 aromatic rings. The Kier molecular flexibility index (Phi) is 3.72. The van der Waals surface area contributed by atoms with Crippen LogP contribution in [0.1, 0.15) is 30.1 Å². The Labute approximate surface area is 111 Å². The smallest absolute Gasteiger partial charge is 0.229 e. The first-order chi connectivity index (χ1) is 8.56. The van der Waals surface area contributed by atoms with E-state index >= 15 is 0 Å². The van der Waals surface area contributed by atoms with Crippen LogP contribution in [0.5, 0.6) is 0 Å². The molecule has 5 heteroatoms. The molecule has 0 aromatic heterocycles. The zero-order chi connectivity index (χ0) is 13.1. The van der Waals surface area contributed by atoms with Gasteiger partial charge in [0.25, 0.3) is 0 Å². The first-order valence-electron chi connectivity index (χ1n) is 5.79. The van der Waals surface area contributed by atoms with Gasteiger partial charge in [-0.3, -0.25) is 9.59 Å². The Balaban J connectivity index is 1.95. The molecular weight excluding hydrogens is 248 g/mol. The topological polar surface area (TPSA) is 58.2 Å². The number of Topliss-reactive ketones (excluding diaryl/α,β-unsaturated/α-hetero) is 1. The minimum Gasteiger partial charge on any atom is -0.332 e. The Morgan fingerprint density at radius 2 is 2.06 bits per heavy atom. The quantitative estimate of drug-likeness (QED) is 0.647. The zero-order valence-electron chi connectivity index (χ0n) is 10.0. The molecule has 1 aliphatic carbocycles. The lowest BCUT2D eigenvalue weighted by molar-refractivity contribution is -0.120. The van der Waals surface area contributed by atoms with Crippen molar-refractivity contribution in [1.29, 1.82) is 0 Å². The van der Waals surface area contributed by atoms with E-state index in [4.69, 9.17) is 12.2 Å². The molecule has 1 aromatic carbocycles. The van der Waals surface area contributed by atoms with Crippen LogP contribution in [0.3, 0.4) is 0 Å². The van der Waals surface area contributed by atoms with Crippen LogP contribution in [-0.4, -0.2) is 16.8 Å². The highest BCUT2D eigenvalue weighted by atomic mass is 32.1. The fourth-order valence-electron chi connectivity index (χ4n) is 1.54. The van der Waals surface area contributed by atoms with Crippen molar-refractivity contribution in [3.63, 3.8) is 0 Å². The van der Waals surface area contributed by atoms with E-state index in [0.717, 1.165) is 12.8 Å². The predicted octanol–water partition coefficient (Wildman–Crippen LogP) is 2.11. The molecule has 2 rings (SSSR count). The van der Waals surface area contributed by atoms with Gasteiger partial charge < -0.3 is 10.6 Å². The van der Waals surface area contributed by atoms with Crippen molar-refractivity contribution in [3.8, 4) is 0 Å². The van der Waals surface area contributed by atoms with Crippen LogP contribution in [0.15, 0.2) is 24.3 Å². The number of carbonyl (C=O) groups is 2. The second-order valence-electron chi connectivity index (χ2n) is 4.35. The molecular formula is C13H14N2O2S. The SMILES string of the molecule is CC(=O)c1cccc(NC(=S)NC(=O)C2CC2)c1. The van der Waals surface area contributed by atoms with E-state index in [2.05, 4.69) is 10.6 Å². The van der Waals surface area contributed by atoms with Crippen molar-refractivity contribution in [1.82, 2.24) is 5.32 Å². The maximum Gasteiger partial charge on any atom is 0.229 e. The first-order valence-corrected chi connectivity index (χ1v) is 6.20. The van der Waals surface area contributed by atoms with Gasteiger partial charge in [0.1, 0.15) is 0 Å². The Bertz CT molecular complexity index is 509. The van der Waals surface area contributed by atoms with Gasteiger partial charge >= 0.3 is 0 Å². The normalized spacial score (nSPS) is 13.8. The summed E-state index contributed by atoms with van der Waals surface area (Å²) >= 11 is 5.04. The number of ketones is 1. The van der Waals surface area contributed by atoms with Crippen molar-refractivity contribution in [2.24, 2.45) is 5.92 Å². The van der Waals surface area contributed by atoms with Crippen molar-refractivity contribution in [2.75, 3.05) is 5.32 Å². The van der Waals surface area contributed by atoms with E-state index in [1.807, 2.05) is 0 Å². The highest BCUT2D eigenvalue weighted by molar-refractivity contribution is 7.80. The number of carbonyl (C=O) groups excluding carboxylic acids is 2. The Morgan fingerprint density at radius 1 is 1.33 bits per heavy atom. The maximum absolute atomic E-state index is 11.5. The van der Waals surface area contributed by atoms with Gasteiger partial charge in [0.15, 0.2) is 10.9 Å². The minimum atomic E-state index is -0.0322. The first kappa shape index (κ1) is 12.7. The van der Waals surface area contributed by atoms with Gasteiger partial charge in [-0.15, -0.1) is 0 Å². The van der Waals surface area contributed by atoms with E-state index in [1.54, 1.807) is 24.3 Å². The Hall–Kier alpha value is -1.75. The molecule has 0 spiro atoms. The van der Waals surface area contributed by atoms with Crippen LogP contribution in [-0.2, 0) is 4.79 Å². The molecule has 1 saturated carbocycles. The summed E-state index contributed by atoms with van der Waals surface area (Å²) in [6, 6.07) is 7.00. The van der Waals surface area contributed by atoms with Gasteiger partial charge in [-0.1, -0.05) is 12.1 Å². The summed E-state index contributed by atoms with van der Waals surface area (Å²) in [7, 11) is 0. The number of rotatable bonds is 3. The highest BCUT2D eigenvalue weighted by Crippen LogP contribution is 2.28. The molecule has 94 valence electrons. The molecule has 2 N–H and O–H groups in total. The molecule has 18 heavy (non-hydrogen) atoms. The molecule has 0 saturated heterocycles. The summed E-state index contributed by atoms with van der Waals surface area (Å²) in [6.45, 7) is 1.51. The molecule has 0 unspecified atom stereocenters. The van der Waals surface area contributed by atoms with Crippen LogP contribution < -0.4 is 10.6 Å². The van der Waals surface area contributed by atoms with Gasteiger partial charge in [0.2, 0.25) is 5.91 Å². The van der Waals surface area contributed by atoms with Crippen LogP contribution in [0.4, 0.5) is 5.69 Å². The van der Waals surface area contributed by atoms with Gasteiger partial charge in [0, 0.05) is 17.2 Å². The molecule has 0 radical (unpaired) electrons. The van der Waals surface area contributed by atoms with Crippen LogP contribution >= 0.6 is 12.2 Å². The molecule has 0 heterocycles. The predicted molar refractivity (Wildman–Crippen MR) is 73.5 cm³/mol. The summed E-state index contributed by atoms with van der Waals surface area (Å²) < 4.78 is 0. The van der Waals surface area contributed by atoms with Crippen LogP contribution in [0, 0.1) is 5.92 Å². The number of nitrogens with one attached hydrogen (secondary N) is 2. The number of thiocarbonyl (C=S) groups is 1. The maximum atomic E-state index is 11.5. The van der Waals surface area contributed by atoms with E-state index in [1.165, 1.54) is 6.92 Å². The van der Waals surface area contributed by atoms with E-state index < -0.39 is 0 Å². The standard InChI is InChI=1S/C13H14N2O2S/c1-8(16)10-3-2-4-11(7-10)14-13(18)15-12(17)9-5-6-9/h2-4,7,9H,5-6H2,1H3,(H2,14,15,17,18). The summed E-state index contributed by atoms with van der Waals surface area (Å²) in [6.07, 6.45) is 1.88. The van der Waals surface area contributed by atoms with Gasteiger partial charge in [-0.2, -0.15) is 0 Å². The summed E-state index contributed by atoms with van der Waals surface area (Å²) in [4.78, 5) is 22.7. The van der Waals surface area contributed by atoms with E-state index in [9.17, 15) is 9.59 Å². The van der Waals surface area contributed by atoms with Gasteiger partial charge in [-0.25, -0.2) is 0 Å². The fraction of sp³-hybridized carbons (Fsp3) is 0.308. The molecule has 1 amide bonds. The molecule has 0 bridgehead atoms. The second kappa shape index (κ2) is 5.27. The van der Waals surface area contributed by atoms with Gasteiger partial charge in [-0.05, 0) is 44.1 Å². The average molecular weight is 262 g/mol. The van der Waals surface area contributed by atoms with Crippen molar-refractivity contribution in [2.45, 2.75) is 19.8 Å². The number of anilines is 1. The number of hydrogen-bond donors (Lipinski definition) is 2. The van der Waals surface area contributed by atoms with E-state index in [0.29, 0.717) is 11.3 Å². The zero-order valence-corrected chi connectivity index (χ0v) is 10.8. The molecule has 4 nitrogen and oxygen atoms in total. The minimum absolute atomic E-state index is 0.00779. The average Bonchev–Trinajstić information content (AvgIpc) is 3.12. The summed E-state index contributed by atoms with van der Waals surface area (Å²) in [5.74, 6) is 0.0788. The fourth-order valence-corrected chi connectivity index (χ4v) is 1.76. The highest BCUT2D eigenvalue weighted by Gasteiger charge is 2.29. The largest absolute Gasteiger partial charge is 0.332 e. The Morgan fingerprint density at radius 3 is 2.67 bits per heavy atom. The van der Waals surface area contributed by atoms with Crippen molar-refractivity contribution in [3.05, 3.63) is 29.8 Å². The lowest BCUT2D eigenvalue weighted by Gasteiger charge is -2.09. The third-order valence-corrected chi connectivity index (χ3v) is 2.92. The molecule has 1 aliphatic rings. The third kappa shape index (κ3) is 3.37. The van der Waals surface area contributed by atoms with Gasteiger partial charge in [0.05, 0.1) is 0 Å². The number of amides is 1.